The molecule has 5 rings (SSSR count). The van der Waals surface area contributed by atoms with Crippen molar-refractivity contribution in [3.63, 3.8) is 0 Å². The molecule has 0 aromatic heterocycles. The van der Waals surface area contributed by atoms with Gasteiger partial charge in [-0.05, 0) is 48.1 Å². The van der Waals surface area contributed by atoms with Gasteiger partial charge in [-0.3, -0.25) is 14.5 Å². The van der Waals surface area contributed by atoms with Gasteiger partial charge in [-0.2, -0.15) is 0 Å². The minimum atomic E-state index is -1.01. The maximum absolute atomic E-state index is 14.5. The number of likely N-dealkylation sites (tertiary alicyclic amines) is 2. The van der Waals surface area contributed by atoms with Crippen molar-refractivity contribution in [3.05, 3.63) is 107 Å². The molecule has 3 aromatic carbocycles. The number of hydrogen-bond donors (Lipinski definition) is 2. The van der Waals surface area contributed by atoms with E-state index in [2.05, 4.69) is 60.4 Å². The molecule has 3 aromatic rings. The van der Waals surface area contributed by atoms with Crippen LogP contribution in [-0.4, -0.2) is 71.7 Å². The lowest BCUT2D eigenvalue weighted by molar-refractivity contribution is -0.898. The third-order valence-corrected chi connectivity index (χ3v) is 11.4. The zero-order chi connectivity index (χ0) is 34.4. The van der Waals surface area contributed by atoms with Gasteiger partial charge in [0.25, 0.3) is 0 Å². The zero-order valence-electron chi connectivity index (χ0n) is 28.2. The molecule has 2 heterocycles. The number of esters is 1. The molecule has 8 nitrogen and oxygen atoms in total. The normalized spacial score (nSPS) is 22.0. The molecule has 9 heteroatoms. The molecule has 48 heavy (non-hydrogen) atoms. The van der Waals surface area contributed by atoms with E-state index in [1.165, 1.54) is 18.2 Å². The standard InChI is InChI=1S/C39H48ClN3O5/c1-38(30-9-5-3-6-10-30,31-11-7-4-8-12-31)22-19-34(42-25-23-39(47,24-26-42)32-13-15-33(40)16-14-32)43(35(44)17-18-36(45)48-2)27-20-29(21-28-43)37(41)46/h3-16,29,34,47H,17-28H2,1-2H3,(H-,41,46)/p+1. The Hall–Kier alpha value is -3.56. The maximum Gasteiger partial charge on any atom is 0.315 e. The number of nitrogens with zero attached hydrogens (tertiary/aromatic N) is 2. The van der Waals surface area contributed by atoms with Crippen molar-refractivity contribution in [1.29, 1.82) is 0 Å². The molecule has 256 valence electrons. The third kappa shape index (κ3) is 7.68. The third-order valence-electron chi connectivity index (χ3n) is 11.1. The van der Waals surface area contributed by atoms with E-state index in [1.807, 2.05) is 24.3 Å². The van der Waals surface area contributed by atoms with Crippen LogP contribution in [0, 0.1) is 5.92 Å². The Balaban J connectivity index is 1.52. The molecule has 2 aliphatic heterocycles. The van der Waals surface area contributed by atoms with Crippen molar-refractivity contribution in [2.75, 3.05) is 33.3 Å². The SMILES string of the molecule is COC(=O)CCC(=O)[N+]1(C(CCC(C)(c2ccccc2)c2ccccc2)N2CCC(O)(c3ccc(Cl)cc3)CC2)CCC(C(N)=O)CC1. The summed E-state index contributed by atoms with van der Waals surface area (Å²) in [7, 11) is 1.34. The van der Waals surface area contributed by atoms with Gasteiger partial charge in [-0.15, -0.1) is 0 Å². The highest BCUT2D eigenvalue weighted by Crippen LogP contribution is 2.42. The van der Waals surface area contributed by atoms with E-state index in [0.717, 1.165) is 12.0 Å². The molecule has 1 atom stereocenters. The highest BCUT2D eigenvalue weighted by atomic mass is 35.5. The van der Waals surface area contributed by atoms with E-state index in [9.17, 15) is 19.5 Å². The van der Waals surface area contributed by atoms with Crippen LogP contribution < -0.4 is 5.73 Å². The second-order valence-electron chi connectivity index (χ2n) is 13.8. The molecule has 0 saturated carbocycles. The summed E-state index contributed by atoms with van der Waals surface area (Å²) >= 11 is 6.15. The molecule has 0 aliphatic carbocycles. The first-order chi connectivity index (χ1) is 23.0. The lowest BCUT2D eigenvalue weighted by Gasteiger charge is -2.52. The van der Waals surface area contributed by atoms with Gasteiger partial charge in [0.05, 0.1) is 38.6 Å². The van der Waals surface area contributed by atoms with E-state index in [-0.39, 0.29) is 46.6 Å². The minimum Gasteiger partial charge on any atom is -0.469 e. The maximum atomic E-state index is 14.5. The summed E-state index contributed by atoms with van der Waals surface area (Å²) in [6.45, 7) is 4.36. The van der Waals surface area contributed by atoms with Crippen LogP contribution in [0.2, 0.25) is 5.02 Å². The van der Waals surface area contributed by atoms with Crippen molar-refractivity contribution in [3.8, 4) is 0 Å². The first-order valence-corrected chi connectivity index (χ1v) is 17.5. The number of benzene rings is 3. The fraction of sp³-hybridized carbons (Fsp3) is 0.462. The lowest BCUT2D eigenvalue weighted by Crippen LogP contribution is -2.69. The van der Waals surface area contributed by atoms with Crippen molar-refractivity contribution >= 4 is 29.4 Å². The highest BCUT2D eigenvalue weighted by Gasteiger charge is 2.51. The summed E-state index contributed by atoms with van der Waals surface area (Å²) in [6, 6.07) is 28.4. The minimum absolute atomic E-state index is 0.00334. The molecule has 2 fully saturated rings. The zero-order valence-corrected chi connectivity index (χ0v) is 28.9. The molecule has 1 unspecified atom stereocenters. The average molecular weight is 675 g/mol. The largest absolute Gasteiger partial charge is 0.469 e. The summed E-state index contributed by atoms with van der Waals surface area (Å²) in [5, 5.41) is 12.4. The number of hydrogen-bond acceptors (Lipinski definition) is 6. The molecule has 0 bridgehead atoms. The van der Waals surface area contributed by atoms with Gasteiger partial charge in [-0.1, -0.05) is 91.3 Å². The van der Waals surface area contributed by atoms with E-state index in [1.54, 1.807) is 12.1 Å². The fourth-order valence-electron chi connectivity index (χ4n) is 8.03. The fourth-order valence-corrected chi connectivity index (χ4v) is 8.15. The smallest absolute Gasteiger partial charge is 0.315 e. The molecule has 0 radical (unpaired) electrons. The Labute approximate surface area is 289 Å². The van der Waals surface area contributed by atoms with Crippen molar-refractivity contribution in [2.45, 2.75) is 75.5 Å². The van der Waals surface area contributed by atoms with Gasteiger partial charge in [0.1, 0.15) is 0 Å². The summed E-state index contributed by atoms with van der Waals surface area (Å²) in [4.78, 5) is 41.4. The second kappa shape index (κ2) is 15.3. The van der Waals surface area contributed by atoms with E-state index >= 15 is 0 Å². The number of halogens is 1. The number of carbonyl (C=O) groups excluding carboxylic acids is 3. The molecular weight excluding hydrogens is 626 g/mol. The van der Waals surface area contributed by atoms with Gasteiger partial charge in [0.15, 0.2) is 6.17 Å². The van der Waals surface area contributed by atoms with Gasteiger partial charge in [0.2, 0.25) is 5.91 Å². The van der Waals surface area contributed by atoms with Crippen LogP contribution in [0.15, 0.2) is 84.9 Å². The van der Waals surface area contributed by atoms with Crippen molar-refractivity contribution < 1.29 is 28.7 Å². The number of primary amides is 1. The monoisotopic (exact) mass is 674 g/mol. The molecule has 3 N–H and O–H groups in total. The van der Waals surface area contributed by atoms with Crippen LogP contribution in [0.1, 0.15) is 75.0 Å². The number of carbonyl (C=O) groups is 3. The Morgan fingerprint density at radius 2 is 1.48 bits per heavy atom. The summed E-state index contributed by atoms with van der Waals surface area (Å²) in [6.07, 6.45) is 3.29. The predicted octanol–water partition coefficient (Wildman–Crippen LogP) is 5.93. The van der Waals surface area contributed by atoms with Crippen LogP contribution >= 0.6 is 11.6 Å². The molecule has 2 saturated heterocycles. The van der Waals surface area contributed by atoms with Crippen LogP contribution in [0.3, 0.4) is 0 Å². The Morgan fingerprint density at radius 1 is 0.938 bits per heavy atom. The molecule has 2 aliphatic rings. The molecule has 2 amide bonds. The number of quaternary nitrogens is 1. The Morgan fingerprint density at radius 3 is 1.98 bits per heavy atom. The quantitative estimate of drug-likeness (QED) is 0.182. The van der Waals surface area contributed by atoms with Gasteiger partial charge >= 0.3 is 11.9 Å². The number of ether oxygens (including phenoxy) is 1. The number of methoxy groups -OCH3 is 1. The topological polar surface area (TPSA) is 110 Å². The van der Waals surface area contributed by atoms with Crippen LogP contribution in [0.25, 0.3) is 0 Å². The Bertz CT molecular complexity index is 1490. The molecule has 0 spiro atoms. The molecular formula is C39H49ClN3O5+. The van der Waals surface area contributed by atoms with Crippen LogP contribution in [-0.2, 0) is 30.1 Å². The average Bonchev–Trinajstić information content (AvgIpc) is 3.12. The second-order valence-corrected chi connectivity index (χ2v) is 14.2. The van der Waals surface area contributed by atoms with Crippen LogP contribution in [0.4, 0.5) is 0 Å². The number of aliphatic hydroxyl groups is 1. The first-order valence-electron chi connectivity index (χ1n) is 17.1. The van der Waals surface area contributed by atoms with E-state index < -0.39 is 11.6 Å². The number of piperidine rings is 2. The van der Waals surface area contributed by atoms with Crippen molar-refractivity contribution in [2.24, 2.45) is 11.7 Å². The summed E-state index contributed by atoms with van der Waals surface area (Å²) in [5.41, 5.74) is 7.65. The van der Waals surface area contributed by atoms with Gasteiger partial charge < -0.3 is 15.6 Å². The number of rotatable bonds is 12. The number of nitrogens with two attached hydrogens (primary N) is 1. The van der Waals surface area contributed by atoms with Gasteiger partial charge in [0, 0.05) is 48.7 Å². The van der Waals surface area contributed by atoms with Gasteiger partial charge in [-0.25, -0.2) is 9.28 Å². The number of amides is 2. The first kappa shape index (κ1) is 35.7. The van der Waals surface area contributed by atoms with E-state index in [0.29, 0.717) is 63.3 Å². The highest BCUT2D eigenvalue weighted by molar-refractivity contribution is 6.30. The Kier molecular flexibility index (Phi) is 11.4. The predicted molar refractivity (Wildman–Crippen MR) is 187 cm³/mol. The lowest BCUT2D eigenvalue weighted by atomic mass is 9.72. The summed E-state index contributed by atoms with van der Waals surface area (Å²) < 4.78 is 5.06. The van der Waals surface area contributed by atoms with Crippen molar-refractivity contribution in [1.82, 2.24) is 4.90 Å². The van der Waals surface area contributed by atoms with Crippen LogP contribution in [0.5, 0.6) is 0 Å². The summed E-state index contributed by atoms with van der Waals surface area (Å²) in [5.74, 6) is -1.07. The van der Waals surface area contributed by atoms with E-state index in [4.69, 9.17) is 22.1 Å².